The average Bonchev–Trinajstić information content (AvgIpc) is 3.13. The van der Waals surface area contributed by atoms with Gasteiger partial charge in [0, 0.05) is 10.9 Å². The van der Waals surface area contributed by atoms with Crippen LogP contribution < -0.4 is 10.9 Å². The molecular weight excluding hydrogens is 310 g/mol. The second-order valence-electron chi connectivity index (χ2n) is 6.08. The monoisotopic (exact) mass is 329 g/mol. The molecule has 3 aromatic rings. The molecule has 3 aromatic heterocycles. The Morgan fingerprint density at radius 1 is 1.39 bits per heavy atom. The van der Waals surface area contributed by atoms with Crippen LogP contribution in [-0.4, -0.2) is 9.55 Å². The molecule has 1 aliphatic carbocycles. The minimum Gasteiger partial charge on any atom is -0.468 e. The Balaban J connectivity index is 1.70. The average molecular weight is 329 g/mol. The van der Waals surface area contributed by atoms with Crippen LogP contribution in [-0.2, 0) is 13.1 Å². The van der Waals surface area contributed by atoms with Crippen LogP contribution in [0, 0.1) is 13.8 Å². The summed E-state index contributed by atoms with van der Waals surface area (Å²) in [7, 11) is 0. The normalized spacial score (nSPS) is 14.7. The van der Waals surface area contributed by atoms with E-state index in [0.717, 1.165) is 40.2 Å². The quantitative estimate of drug-likeness (QED) is 0.780. The number of fused-ring (bicyclic) bond motifs is 1. The van der Waals surface area contributed by atoms with Crippen molar-refractivity contribution in [1.82, 2.24) is 14.9 Å². The summed E-state index contributed by atoms with van der Waals surface area (Å²) in [5.41, 5.74) is 1.20. The van der Waals surface area contributed by atoms with Crippen LogP contribution in [0.4, 0.5) is 0 Å². The zero-order chi connectivity index (χ0) is 16.0. The smallest absolute Gasteiger partial charge is 0.262 e. The van der Waals surface area contributed by atoms with Crippen molar-refractivity contribution in [2.75, 3.05) is 0 Å². The highest BCUT2D eigenvalue weighted by Crippen LogP contribution is 2.36. The summed E-state index contributed by atoms with van der Waals surface area (Å²) in [6.07, 6.45) is 3.81. The first kappa shape index (κ1) is 14.7. The van der Waals surface area contributed by atoms with Crippen molar-refractivity contribution in [1.29, 1.82) is 0 Å². The minimum absolute atomic E-state index is 0.120. The molecule has 1 saturated carbocycles. The summed E-state index contributed by atoms with van der Waals surface area (Å²) < 4.78 is 7.22. The molecule has 0 aromatic carbocycles. The van der Waals surface area contributed by atoms with E-state index in [2.05, 4.69) is 12.2 Å². The molecule has 0 radical (unpaired) electrons. The number of hydrogen-bond donors (Lipinski definition) is 1. The Morgan fingerprint density at radius 3 is 2.91 bits per heavy atom. The van der Waals surface area contributed by atoms with Gasteiger partial charge in [-0.25, -0.2) is 4.98 Å². The molecule has 3 heterocycles. The molecule has 6 heteroatoms. The van der Waals surface area contributed by atoms with Crippen molar-refractivity contribution in [3.8, 4) is 0 Å². The first-order chi connectivity index (χ1) is 11.1. The van der Waals surface area contributed by atoms with E-state index < -0.39 is 0 Å². The van der Waals surface area contributed by atoms with Crippen LogP contribution in [0.1, 0.15) is 40.9 Å². The van der Waals surface area contributed by atoms with E-state index in [-0.39, 0.29) is 5.56 Å². The van der Waals surface area contributed by atoms with Gasteiger partial charge in [0.25, 0.3) is 5.56 Å². The number of aromatic nitrogens is 2. The van der Waals surface area contributed by atoms with Crippen LogP contribution in [0.3, 0.4) is 0 Å². The maximum Gasteiger partial charge on any atom is 0.262 e. The zero-order valence-corrected chi connectivity index (χ0v) is 14.1. The lowest BCUT2D eigenvalue weighted by atomic mass is 10.2. The van der Waals surface area contributed by atoms with Crippen molar-refractivity contribution in [3.63, 3.8) is 0 Å². The lowest BCUT2D eigenvalue weighted by molar-refractivity contribution is 0.475. The number of nitrogens with zero attached hydrogens (tertiary/aromatic N) is 2. The highest BCUT2D eigenvalue weighted by Gasteiger charge is 2.29. The van der Waals surface area contributed by atoms with Crippen molar-refractivity contribution in [2.24, 2.45) is 0 Å². The number of nitrogens with one attached hydrogen (secondary N) is 1. The van der Waals surface area contributed by atoms with E-state index in [1.807, 2.05) is 23.6 Å². The zero-order valence-electron chi connectivity index (χ0n) is 13.3. The van der Waals surface area contributed by atoms with Crippen LogP contribution in [0.25, 0.3) is 10.2 Å². The fraction of sp³-hybridized carbons (Fsp3) is 0.412. The van der Waals surface area contributed by atoms with Gasteiger partial charge in [0.05, 0.1) is 24.7 Å². The molecule has 0 saturated heterocycles. The van der Waals surface area contributed by atoms with Gasteiger partial charge in [-0.1, -0.05) is 0 Å². The number of rotatable bonds is 5. The molecular formula is C17H19N3O2S. The third-order valence-corrected chi connectivity index (χ3v) is 5.48. The molecule has 1 fully saturated rings. The summed E-state index contributed by atoms with van der Waals surface area (Å²) in [4.78, 5) is 19.8. The first-order valence-electron chi connectivity index (χ1n) is 7.89. The van der Waals surface area contributed by atoms with Gasteiger partial charge in [-0.2, -0.15) is 0 Å². The van der Waals surface area contributed by atoms with Crippen molar-refractivity contribution >= 4 is 21.6 Å². The van der Waals surface area contributed by atoms with E-state index in [4.69, 9.17) is 9.40 Å². The van der Waals surface area contributed by atoms with Gasteiger partial charge in [0.15, 0.2) is 0 Å². The standard InChI is InChI=1S/C17H19N3O2S/c1-10-11(2)23-16-15(10)17(21)20(12-5-6-12)14(19-16)9-18-8-13-4-3-7-22-13/h3-4,7,12,18H,5-6,8-9H2,1-2H3. The molecule has 120 valence electrons. The molecule has 0 atom stereocenters. The Labute approximate surface area is 138 Å². The van der Waals surface area contributed by atoms with Gasteiger partial charge < -0.3 is 9.73 Å². The summed E-state index contributed by atoms with van der Waals surface area (Å²) in [6, 6.07) is 4.13. The predicted octanol–water partition coefficient (Wildman–Crippen LogP) is 3.29. The van der Waals surface area contributed by atoms with Crippen molar-refractivity contribution < 1.29 is 4.42 Å². The lowest BCUT2D eigenvalue weighted by Gasteiger charge is -2.12. The van der Waals surface area contributed by atoms with Gasteiger partial charge in [-0.15, -0.1) is 11.3 Å². The number of hydrogen-bond acceptors (Lipinski definition) is 5. The lowest BCUT2D eigenvalue weighted by Crippen LogP contribution is -2.27. The maximum atomic E-state index is 12.9. The molecule has 5 nitrogen and oxygen atoms in total. The third kappa shape index (κ3) is 2.62. The fourth-order valence-corrected chi connectivity index (χ4v) is 3.93. The summed E-state index contributed by atoms with van der Waals surface area (Å²) in [6.45, 7) is 5.27. The second-order valence-corrected chi connectivity index (χ2v) is 7.28. The number of furan rings is 1. The molecule has 0 amide bonds. The Morgan fingerprint density at radius 2 is 2.22 bits per heavy atom. The SMILES string of the molecule is Cc1sc2nc(CNCc3ccco3)n(C3CC3)c(=O)c2c1C. The molecule has 1 aliphatic rings. The molecule has 4 rings (SSSR count). The van der Waals surface area contributed by atoms with E-state index in [1.165, 1.54) is 4.88 Å². The first-order valence-corrected chi connectivity index (χ1v) is 8.71. The second kappa shape index (κ2) is 5.62. The van der Waals surface area contributed by atoms with Gasteiger partial charge in [0.1, 0.15) is 16.4 Å². The number of aryl methyl sites for hydroxylation is 2. The van der Waals surface area contributed by atoms with Crippen LogP contribution in [0.5, 0.6) is 0 Å². The van der Waals surface area contributed by atoms with Crippen LogP contribution >= 0.6 is 11.3 Å². The van der Waals surface area contributed by atoms with Crippen LogP contribution in [0.2, 0.25) is 0 Å². The maximum absolute atomic E-state index is 12.9. The summed E-state index contributed by atoms with van der Waals surface area (Å²) >= 11 is 1.61. The Kier molecular flexibility index (Phi) is 3.58. The summed E-state index contributed by atoms with van der Waals surface area (Å²) in [5.74, 6) is 1.71. The summed E-state index contributed by atoms with van der Waals surface area (Å²) in [5, 5.41) is 4.13. The van der Waals surface area contributed by atoms with E-state index in [1.54, 1.807) is 17.6 Å². The largest absolute Gasteiger partial charge is 0.468 e. The molecule has 0 unspecified atom stereocenters. The Bertz CT molecular complexity index is 904. The fourth-order valence-electron chi connectivity index (χ4n) is 2.89. The molecule has 0 spiro atoms. The molecule has 0 bridgehead atoms. The van der Waals surface area contributed by atoms with E-state index in [9.17, 15) is 4.79 Å². The third-order valence-electron chi connectivity index (χ3n) is 4.38. The van der Waals surface area contributed by atoms with Gasteiger partial charge >= 0.3 is 0 Å². The highest BCUT2D eigenvalue weighted by molar-refractivity contribution is 7.18. The predicted molar refractivity (Wildman–Crippen MR) is 90.9 cm³/mol. The highest BCUT2D eigenvalue weighted by atomic mass is 32.1. The van der Waals surface area contributed by atoms with Crippen molar-refractivity contribution in [2.45, 2.75) is 45.8 Å². The Hall–Kier alpha value is -1.92. The molecule has 0 aliphatic heterocycles. The van der Waals surface area contributed by atoms with Crippen LogP contribution in [0.15, 0.2) is 27.6 Å². The van der Waals surface area contributed by atoms with Gasteiger partial charge in [-0.05, 0) is 44.4 Å². The molecule has 1 N–H and O–H groups in total. The number of thiophene rings is 1. The van der Waals surface area contributed by atoms with E-state index in [0.29, 0.717) is 19.1 Å². The van der Waals surface area contributed by atoms with Gasteiger partial charge in [-0.3, -0.25) is 9.36 Å². The topological polar surface area (TPSA) is 60.1 Å². The molecule has 23 heavy (non-hydrogen) atoms. The van der Waals surface area contributed by atoms with E-state index >= 15 is 0 Å². The minimum atomic E-state index is 0.120. The van der Waals surface area contributed by atoms with Gasteiger partial charge in [0.2, 0.25) is 0 Å². The van der Waals surface area contributed by atoms with Crippen molar-refractivity contribution in [3.05, 3.63) is 50.8 Å².